The number of anilines is 1. The van der Waals surface area contributed by atoms with Gasteiger partial charge in [0.2, 0.25) is 5.95 Å². The van der Waals surface area contributed by atoms with Crippen LogP contribution in [0.5, 0.6) is 0 Å². The third-order valence-corrected chi connectivity index (χ3v) is 6.51. The standard InChI is InChI=1S/C23H25N5O/c1-14-10-15(2)26-19-11-16(4-5-18(14)19)21(29)28-9-3-7-23(13-28)8-6-17-12-25-22(24)27-20(17)23/h4-5,10-12H,3,6-9,13H2,1-2H3,(H2,24,25,27). The van der Waals surface area contributed by atoms with Gasteiger partial charge in [-0.2, -0.15) is 0 Å². The van der Waals surface area contributed by atoms with Crippen LogP contribution in [0.15, 0.2) is 30.5 Å². The van der Waals surface area contributed by atoms with Crippen molar-refractivity contribution in [2.24, 2.45) is 0 Å². The molecule has 3 heterocycles. The van der Waals surface area contributed by atoms with Gasteiger partial charge in [0.05, 0.1) is 11.2 Å². The third-order valence-electron chi connectivity index (χ3n) is 6.51. The molecular formula is C23H25N5O. The summed E-state index contributed by atoms with van der Waals surface area (Å²) in [5, 5.41) is 1.10. The van der Waals surface area contributed by atoms with Gasteiger partial charge in [-0.3, -0.25) is 9.78 Å². The van der Waals surface area contributed by atoms with Crippen molar-refractivity contribution in [3.05, 3.63) is 58.5 Å². The lowest BCUT2D eigenvalue weighted by Gasteiger charge is -2.40. The van der Waals surface area contributed by atoms with E-state index in [0.29, 0.717) is 18.1 Å². The number of likely N-dealkylation sites (tertiary alicyclic amines) is 1. The van der Waals surface area contributed by atoms with Crippen LogP contribution in [0.3, 0.4) is 0 Å². The number of hydrogen-bond acceptors (Lipinski definition) is 5. The molecule has 1 aromatic carbocycles. The number of carbonyl (C=O) groups is 1. The van der Waals surface area contributed by atoms with Gasteiger partial charge in [0, 0.05) is 41.3 Å². The van der Waals surface area contributed by atoms with E-state index >= 15 is 0 Å². The Hall–Kier alpha value is -3.02. The first-order chi connectivity index (χ1) is 13.9. The molecule has 1 spiro atoms. The van der Waals surface area contributed by atoms with E-state index in [1.54, 1.807) is 0 Å². The number of fused-ring (bicyclic) bond motifs is 3. The van der Waals surface area contributed by atoms with Crippen molar-refractivity contribution in [3.8, 4) is 0 Å². The number of nitrogens with two attached hydrogens (primary N) is 1. The Kier molecular flexibility index (Phi) is 4.05. The number of carbonyl (C=O) groups excluding carboxylic acids is 1. The lowest BCUT2D eigenvalue weighted by molar-refractivity contribution is 0.0633. The third kappa shape index (κ3) is 2.94. The number of benzene rings is 1. The molecule has 1 aliphatic heterocycles. The van der Waals surface area contributed by atoms with Gasteiger partial charge in [0.25, 0.3) is 5.91 Å². The Morgan fingerprint density at radius 1 is 1.17 bits per heavy atom. The average molecular weight is 387 g/mol. The van der Waals surface area contributed by atoms with Crippen molar-refractivity contribution in [1.82, 2.24) is 19.9 Å². The van der Waals surface area contributed by atoms with Gasteiger partial charge in [-0.05, 0) is 68.9 Å². The fraction of sp³-hybridized carbons (Fsp3) is 0.391. The summed E-state index contributed by atoms with van der Waals surface area (Å²) in [4.78, 5) is 28.7. The van der Waals surface area contributed by atoms with Crippen molar-refractivity contribution in [1.29, 1.82) is 0 Å². The van der Waals surface area contributed by atoms with Crippen LogP contribution in [0.1, 0.15) is 52.1 Å². The quantitative estimate of drug-likeness (QED) is 0.692. The predicted octanol–water partition coefficient (Wildman–Crippen LogP) is 3.34. The minimum atomic E-state index is -0.0947. The van der Waals surface area contributed by atoms with E-state index in [1.807, 2.05) is 36.2 Å². The Labute approximate surface area is 170 Å². The Morgan fingerprint density at radius 2 is 2.03 bits per heavy atom. The topological polar surface area (TPSA) is 85.0 Å². The van der Waals surface area contributed by atoms with E-state index in [1.165, 1.54) is 11.1 Å². The zero-order valence-corrected chi connectivity index (χ0v) is 16.9. The zero-order valence-electron chi connectivity index (χ0n) is 16.9. The van der Waals surface area contributed by atoms with Gasteiger partial charge in [-0.25, -0.2) is 9.97 Å². The number of aryl methyl sites for hydroxylation is 3. The number of amides is 1. The second-order valence-electron chi connectivity index (χ2n) is 8.53. The summed E-state index contributed by atoms with van der Waals surface area (Å²) >= 11 is 0. The van der Waals surface area contributed by atoms with Crippen molar-refractivity contribution in [2.75, 3.05) is 18.8 Å². The first-order valence-electron chi connectivity index (χ1n) is 10.2. The summed E-state index contributed by atoms with van der Waals surface area (Å²) in [5.74, 6) is 0.391. The van der Waals surface area contributed by atoms with Crippen LogP contribution in [0, 0.1) is 13.8 Å². The lowest BCUT2D eigenvalue weighted by atomic mass is 9.77. The molecule has 0 radical (unpaired) electrons. The number of pyridine rings is 1. The van der Waals surface area contributed by atoms with E-state index in [-0.39, 0.29) is 11.3 Å². The van der Waals surface area contributed by atoms with Gasteiger partial charge in [0.15, 0.2) is 0 Å². The average Bonchev–Trinajstić information content (AvgIpc) is 3.04. The fourth-order valence-corrected chi connectivity index (χ4v) is 5.14. The van der Waals surface area contributed by atoms with E-state index in [0.717, 1.165) is 54.5 Å². The number of nitrogens with zero attached hydrogens (tertiary/aromatic N) is 4. The monoisotopic (exact) mass is 387 g/mol. The molecule has 2 aromatic heterocycles. The highest BCUT2D eigenvalue weighted by Gasteiger charge is 2.44. The van der Waals surface area contributed by atoms with Crippen molar-refractivity contribution < 1.29 is 4.79 Å². The minimum Gasteiger partial charge on any atom is -0.368 e. The van der Waals surface area contributed by atoms with Crippen LogP contribution in [0.4, 0.5) is 5.95 Å². The van der Waals surface area contributed by atoms with E-state index in [2.05, 4.69) is 27.9 Å². The summed E-state index contributed by atoms with van der Waals surface area (Å²) in [6, 6.07) is 7.95. The zero-order chi connectivity index (χ0) is 20.2. The van der Waals surface area contributed by atoms with Crippen molar-refractivity contribution >= 4 is 22.8 Å². The second kappa shape index (κ2) is 6.51. The molecule has 1 atom stereocenters. The van der Waals surface area contributed by atoms with Crippen LogP contribution in [0.2, 0.25) is 0 Å². The maximum atomic E-state index is 13.4. The second-order valence-corrected chi connectivity index (χ2v) is 8.53. The van der Waals surface area contributed by atoms with Gasteiger partial charge < -0.3 is 10.6 Å². The Morgan fingerprint density at radius 3 is 2.90 bits per heavy atom. The summed E-state index contributed by atoms with van der Waals surface area (Å²) in [7, 11) is 0. The number of aromatic nitrogens is 3. The molecule has 0 saturated carbocycles. The highest BCUT2D eigenvalue weighted by atomic mass is 16.2. The van der Waals surface area contributed by atoms with Crippen LogP contribution in [0.25, 0.3) is 10.9 Å². The van der Waals surface area contributed by atoms with E-state index in [9.17, 15) is 4.79 Å². The number of piperidine rings is 1. The number of rotatable bonds is 1. The highest BCUT2D eigenvalue weighted by molar-refractivity contribution is 5.98. The van der Waals surface area contributed by atoms with Crippen LogP contribution < -0.4 is 5.73 Å². The molecule has 29 heavy (non-hydrogen) atoms. The molecule has 0 bridgehead atoms. The van der Waals surface area contributed by atoms with Gasteiger partial charge >= 0.3 is 0 Å². The molecule has 2 aliphatic rings. The Bertz CT molecular complexity index is 1140. The minimum absolute atomic E-state index is 0.0717. The SMILES string of the molecule is Cc1cc(C)c2ccc(C(=O)N3CCCC4(CCc5cnc(N)nc54)C3)cc2n1. The van der Waals surface area contributed by atoms with E-state index < -0.39 is 0 Å². The first-order valence-corrected chi connectivity index (χ1v) is 10.2. The van der Waals surface area contributed by atoms with Crippen LogP contribution in [-0.4, -0.2) is 38.8 Å². The highest BCUT2D eigenvalue weighted by Crippen LogP contribution is 2.44. The normalized spacial score (nSPS) is 21.0. The van der Waals surface area contributed by atoms with Crippen LogP contribution in [-0.2, 0) is 11.8 Å². The maximum Gasteiger partial charge on any atom is 0.253 e. The molecule has 148 valence electrons. The number of hydrogen-bond donors (Lipinski definition) is 1. The molecule has 5 rings (SSSR count). The summed E-state index contributed by atoms with van der Waals surface area (Å²) in [6.45, 7) is 5.53. The summed E-state index contributed by atoms with van der Waals surface area (Å²) < 4.78 is 0. The molecular weight excluding hydrogens is 362 g/mol. The Balaban J connectivity index is 1.47. The van der Waals surface area contributed by atoms with Gasteiger partial charge in [-0.15, -0.1) is 0 Å². The molecule has 1 saturated heterocycles. The largest absolute Gasteiger partial charge is 0.368 e. The molecule has 6 nitrogen and oxygen atoms in total. The van der Waals surface area contributed by atoms with Crippen molar-refractivity contribution in [2.45, 2.75) is 44.9 Å². The molecule has 3 aromatic rings. The molecule has 2 N–H and O–H groups in total. The molecule has 1 amide bonds. The molecule has 6 heteroatoms. The molecule has 1 aliphatic carbocycles. The maximum absolute atomic E-state index is 13.4. The molecule has 1 fully saturated rings. The smallest absolute Gasteiger partial charge is 0.253 e. The van der Waals surface area contributed by atoms with Gasteiger partial charge in [-0.1, -0.05) is 6.07 Å². The van der Waals surface area contributed by atoms with Crippen molar-refractivity contribution in [3.63, 3.8) is 0 Å². The van der Waals surface area contributed by atoms with E-state index in [4.69, 9.17) is 5.73 Å². The van der Waals surface area contributed by atoms with Crippen LogP contribution >= 0.6 is 0 Å². The lowest BCUT2D eigenvalue weighted by Crippen LogP contribution is -2.48. The first kappa shape index (κ1) is 18.0. The summed E-state index contributed by atoms with van der Waals surface area (Å²) in [6.07, 6.45) is 5.82. The van der Waals surface area contributed by atoms with Gasteiger partial charge in [0.1, 0.15) is 0 Å². The fourth-order valence-electron chi connectivity index (χ4n) is 5.14. The predicted molar refractivity (Wildman–Crippen MR) is 113 cm³/mol. The molecule has 1 unspecified atom stereocenters. The summed E-state index contributed by atoms with van der Waals surface area (Å²) in [5.41, 5.74) is 11.7. The number of nitrogen functional groups attached to an aromatic ring is 1.